The van der Waals surface area contributed by atoms with Crippen LogP contribution >= 0.6 is 0 Å². The Morgan fingerprint density at radius 1 is 1.29 bits per heavy atom. The number of ether oxygens (including phenoxy) is 2. The first kappa shape index (κ1) is 12.2. The van der Waals surface area contributed by atoms with Gasteiger partial charge in [0.05, 0.1) is 19.8 Å². The fourth-order valence-corrected chi connectivity index (χ4v) is 2.85. The van der Waals surface area contributed by atoms with Gasteiger partial charge in [-0.1, -0.05) is 12.8 Å². The maximum atomic E-state index is 6.01. The maximum absolute atomic E-state index is 6.01. The Labute approximate surface area is 102 Å². The Bertz CT molecular complexity index is 365. The minimum Gasteiger partial charge on any atom is -0.496 e. The van der Waals surface area contributed by atoms with Crippen molar-refractivity contribution in [3.8, 4) is 11.6 Å². The van der Waals surface area contributed by atoms with Gasteiger partial charge in [0.2, 0.25) is 5.88 Å². The number of rotatable bonds is 4. The summed E-state index contributed by atoms with van der Waals surface area (Å²) in [4.78, 5) is 4.29. The summed E-state index contributed by atoms with van der Waals surface area (Å²) < 4.78 is 10.8. The van der Waals surface area contributed by atoms with E-state index in [0.29, 0.717) is 12.4 Å². The molecule has 0 aliphatic heterocycles. The second kappa shape index (κ2) is 4.92. The van der Waals surface area contributed by atoms with E-state index in [1.54, 1.807) is 20.4 Å². The van der Waals surface area contributed by atoms with Crippen LogP contribution in [0, 0.1) is 0 Å². The number of nitrogens with zero attached hydrogens (tertiary/aromatic N) is 1. The molecule has 1 aliphatic rings. The smallest absolute Gasteiger partial charge is 0.220 e. The minimum absolute atomic E-state index is 0.0229. The molecule has 0 radical (unpaired) electrons. The van der Waals surface area contributed by atoms with Gasteiger partial charge in [-0.3, -0.25) is 0 Å². The van der Waals surface area contributed by atoms with Crippen LogP contribution in [0.3, 0.4) is 0 Å². The average Bonchev–Trinajstić information content (AvgIpc) is 2.87. The Balaban J connectivity index is 2.54. The van der Waals surface area contributed by atoms with Gasteiger partial charge in [-0.15, -0.1) is 0 Å². The molecule has 4 nitrogen and oxygen atoms in total. The summed E-state index contributed by atoms with van der Waals surface area (Å²) in [5, 5.41) is 0. The maximum Gasteiger partial charge on any atom is 0.220 e. The zero-order valence-corrected chi connectivity index (χ0v) is 10.5. The summed E-state index contributed by atoms with van der Waals surface area (Å²) in [5.74, 6) is 1.49. The minimum atomic E-state index is -0.0229. The van der Waals surface area contributed by atoms with Gasteiger partial charge in [-0.25, -0.2) is 4.98 Å². The topological polar surface area (TPSA) is 57.4 Å². The summed E-state index contributed by atoms with van der Waals surface area (Å²) >= 11 is 0. The molecule has 1 saturated carbocycles. The number of pyridine rings is 1. The molecule has 0 unspecified atom stereocenters. The molecule has 1 heterocycles. The van der Waals surface area contributed by atoms with Crippen molar-refractivity contribution in [1.29, 1.82) is 0 Å². The number of aromatic nitrogens is 1. The lowest BCUT2D eigenvalue weighted by atomic mass is 9.79. The summed E-state index contributed by atoms with van der Waals surface area (Å²) in [7, 11) is 3.32. The van der Waals surface area contributed by atoms with Gasteiger partial charge < -0.3 is 15.2 Å². The third kappa shape index (κ3) is 1.97. The Morgan fingerprint density at radius 2 is 2.00 bits per heavy atom. The Hall–Kier alpha value is -1.29. The highest BCUT2D eigenvalue weighted by atomic mass is 16.5. The van der Waals surface area contributed by atoms with Gasteiger partial charge in [-0.2, -0.15) is 0 Å². The molecule has 0 atom stereocenters. The van der Waals surface area contributed by atoms with Crippen LogP contribution in [0.2, 0.25) is 0 Å². The summed E-state index contributed by atoms with van der Waals surface area (Å²) in [6.07, 6.45) is 6.29. The van der Waals surface area contributed by atoms with Gasteiger partial charge in [0, 0.05) is 18.2 Å². The number of methoxy groups -OCH3 is 2. The van der Waals surface area contributed by atoms with Crippen LogP contribution in [0.4, 0.5) is 0 Å². The molecule has 1 aliphatic carbocycles. The molecule has 2 rings (SSSR count). The quantitative estimate of drug-likeness (QED) is 0.867. The van der Waals surface area contributed by atoms with E-state index in [1.165, 1.54) is 12.8 Å². The van der Waals surface area contributed by atoms with E-state index in [0.717, 1.165) is 24.2 Å². The van der Waals surface area contributed by atoms with E-state index in [1.807, 2.05) is 6.07 Å². The van der Waals surface area contributed by atoms with Crippen molar-refractivity contribution in [2.75, 3.05) is 20.8 Å². The van der Waals surface area contributed by atoms with Gasteiger partial charge in [0.1, 0.15) is 5.75 Å². The van der Waals surface area contributed by atoms with Crippen LogP contribution in [-0.4, -0.2) is 25.7 Å². The van der Waals surface area contributed by atoms with Crippen LogP contribution in [0.5, 0.6) is 11.6 Å². The molecule has 1 fully saturated rings. The van der Waals surface area contributed by atoms with Gasteiger partial charge >= 0.3 is 0 Å². The van der Waals surface area contributed by atoms with E-state index in [4.69, 9.17) is 15.2 Å². The molecule has 1 aromatic rings. The molecule has 0 aromatic carbocycles. The van der Waals surface area contributed by atoms with Crippen molar-refractivity contribution in [1.82, 2.24) is 4.98 Å². The van der Waals surface area contributed by atoms with Crippen molar-refractivity contribution >= 4 is 0 Å². The van der Waals surface area contributed by atoms with E-state index in [2.05, 4.69) is 4.98 Å². The summed E-state index contributed by atoms with van der Waals surface area (Å²) in [5.41, 5.74) is 7.03. The van der Waals surface area contributed by atoms with Crippen LogP contribution in [0.1, 0.15) is 31.2 Å². The second-order valence-corrected chi connectivity index (χ2v) is 4.59. The third-order valence-electron chi connectivity index (χ3n) is 3.77. The van der Waals surface area contributed by atoms with E-state index in [-0.39, 0.29) is 5.41 Å². The summed E-state index contributed by atoms with van der Waals surface area (Å²) in [6, 6.07) is 1.88. The van der Waals surface area contributed by atoms with Crippen LogP contribution in [0.25, 0.3) is 0 Å². The summed E-state index contributed by atoms with van der Waals surface area (Å²) in [6.45, 7) is 0.616. The number of hydrogen-bond acceptors (Lipinski definition) is 4. The molecule has 4 heteroatoms. The van der Waals surface area contributed by atoms with Crippen molar-refractivity contribution in [3.05, 3.63) is 17.8 Å². The largest absolute Gasteiger partial charge is 0.496 e. The second-order valence-electron chi connectivity index (χ2n) is 4.59. The molecule has 1 aromatic heterocycles. The SMILES string of the molecule is COc1ccnc(OC)c1C1(CN)CCCC1. The van der Waals surface area contributed by atoms with Crippen molar-refractivity contribution in [3.63, 3.8) is 0 Å². The Morgan fingerprint density at radius 3 is 2.53 bits per heavy atom. The fourth-order valence-electron chi connectivity index (χ4n) is 2.85. The lowest BCUT2D eigenvalue weighted by Crippen LogP contribution is -2.33. The highest BCUT2D eigenvalue weighted by Crippen LogP contribution is 2.47. The van der Waals surface area contributed by atoms with Crippen LogP contribution in [0.15, 0.2) is 12.3 Å². The Kier molecular flexibility index (Phi) is 3.52. The van der Waals surface area contributed by atoms with Crippen molar-refractivity contribution in [2.45, 2.75) is 31.1 Å². The first-order valence-corrected chi connectivity index (χ1v) is 6.05. The van der Waals surface area contributed by atoms with Crippen molar-refractivity contribution in [2.24, 2.45) is 5.73 Å². The van der Waals surface area contributed by atoms with Gasteiger partial charge in [-0.05, 0) is 18.9 Å². The highest BCUT2D eigenvalue weighted by Gasteiger charge is 2.39. The number of nitrogens with two attached hydrogens (primary N) is 1. The van der Waals surface area contributed by atoms with Gasteiger partial charge in [0.15, 0.2) is 0 Å². The highest BCUT2D eigenvalue weighted by molar-refractivity contribution is 5.46. The standard InChI is InChI=1S/C13H20N2O2/c1-16-10-5-8-15-12(17-2)11(10)13(9-14)6-3-4-7-13/h5,8H,3-4,6-7,9,14H2,1-2H3. The molecule has 0 bridgehead atoms. The fraction of sp³-hybridized carbons (Fsp3) is 0.615. The number of hydrogen-bond donors (Lipinski definition) is 1. The first-order chi connectivity index (χ1) is 8.27. The van der Waals surface area contributed by atoms with E-state index < -0.39 is 0 Å². The predicted octanol–water partition coefficient (Wildman–Crippen LogP) is 1.87. The van der Waals surface area contributed by atoms with Crippen LogP contribution < -0.4 is 15.2 Å². The van der Waals surface area contributed by atoms with Crippen LogP contribution in [-0.2, 0) is 5.41 Å². The monoisotopic (exact) mass is 236 g/mol. The molecule has 0 saturated heterocycles. The molecular formula is C13H20N2O2. The molecule has 0 spiro atoms. The third-order valence-corrected chi connectivity index (χ3v) is 3.77. The van der Waals surface area contributed by atoms with Crippen molar-refractivity contribution < 1.29 is 9.47 Å². The predicted molar refractivity (Wildman–Crippen MR) is 66.5 cm³/mol. The zero-order chi connectivity index (χ0) is 12.3. The normalized spacial score (nSPS) is 18.1. The molecule has 17 heavy (non-hydrogen) atoms. The van der Waals surface area contributed by atoms with E-state index in [9.17, 15) is 0 Å². The molecule has 94 valence electrons. The zero-order valence-electron chi connectivity index (χ0n) is 10.5. The first-order valence-electron chi connectivity index (χ1n) is 6.05. The lowest BCUT2D eigenvalue weighted by molar-refractivity contribution is 0.337. The average molecular weight is 236 g/mol. The molecule has 2 N–H and O–H groups in total. The van der Waals surface area contributed by atoms with E-state index >= 15 is 0 Å². The van der Waals surface area contributed by atoms with Gasteiger partial charge in [0.25, 0.3) is 0 Å². The molecule has 0 amide bonds. The lowest BCUT2D eigenvalue weighted by Gasteiger charge is -2.30. The molecular weight excluding hydrogens is 216 g/mol.